The molecule has 170 valence electrons. The molecule has 0 unspecified atom stereocenters. The minimum Gasteiger partial charge on any atom is -0.449 e. The van der Waals surface area contributed by atoms with E-state index in [1.165, 1.54) is 17.9 Å². The highest BCUT2D eigenvalue weighted by molar-refractivity contribution is 5.90. The molecular formula is C21H29FN4O5. The number of amides is 3. The molecule has 10 heteroatoms. The first kappa shape index (κ1) is 22.6. The van der Waals surface area contributed by atoms with Crippen LogP contribution in [-0.2, 0) is 14.3 Å². The monoisotopic (exact) mass is 436 g/mol. The van der Waals surface area contributed by atoms with E-state index >= 15 is 0 Å². The lowest BCUT2D eigenvalue weighted by molar-refractivity contribution is -0.119. The van der Waals surface area contributed by atoms with Gasteiger partial charge in [0.1, 0.15) is 11.9 Å². The summed E-state index contributed by atoms with van der Waals surface area (Å²) in [5.41, 5.74) is 0.819. The summed E-state index contributed by atoms with van der Waals surface area (Å²) in [5, 5.41) is 2.61. The molecule has 3 rings (SSSR count). The summed E-state index contributed by atoms with van der Waals surface area (Å²) in [6.07, 6.45) is 0.413. The number of unbranched alkanes of at least 4 members (excludes halogenated alkanes) is 1. The molecule has 1 atom stereocenters. The molecule has 2 heterocycles. The molecule has 1 N–H and O–H groups in total. The first-order valence-electron chi connectivity index (χ1n) is 10.6. The van der Waals surface area contributed by atoms with Crippen molar-refractivity contribution in [2.75, 3.05) is 55.7 Å². The van der Waals surface area contributed by atoms with Crippen molar-refractivity contribution in [3.05, 3.63) is 24.0 Å². The number of carbonyl (C=O) groups excluding carboxylic acids is 3. The molecule has 1 aromatic carbocycles. The zero-order valence-electron chi connectivity index (χ0n) is 17.9. The predicted molar refractivity (Wildman–Crippen MR) is 113 cm³/mol. The Labute approximate surface area is 181 Å². The van der Waals surface area contributed by atoms with Crippen LogP contribution in [0.5, 0.6) is 0 Å². The lowest BCUT2D eigenvalue weighted by Crippen LogP contribution is -2.49. The fraction of sp³-hybridized carbons (Fsp3) is 0.571. The Kier molecular flexibility index (Phi) is 7.54. The molecule has 0 aliphatic carbocycles. The van der Waals surface area contributed by atoms with Gasteiger partial charge in [0.2, 0.25) is 5.91 Å². The number of hydrogen-bond donors (Lipinski definition) is 1. The Morgan fingerprint density at radius 1 is 1.26 bits per heavy atom. The number of hydrogen-bond acceptors (Lipinski definition) is 6. The number of anilines is 2. The van der Waals surface area contributed by atoms with E-state index in [0.717, 1.165) is 12.8 Å². The van der Waals surface area contributed by atoms with Crippen LogP contribution in [0, 0.1) is 5.82 Å². The van der Waals surface area contributed by atoms with Gasteiger partial charge in [0, 0.05) is 33.1 Å². The quantitative estimate of drug-likeness (QED) is 0.660. The molecule has 0 aromatic heterocycles. The van der Waals surface area contributed by atoms with Gasteiger partial charge in [0.25, 0.3) is 0 Å². The van der Waals surface area contributed by atoms with Gasteiger partial charge in [-0.2, -0.15) is 0 Å². The normalized spacial score (nSPS) is 18.7. The molecule has 1 aromatic rings. The van der Waals surface area contributed by atoms with Crippen molar-refractivity contribution in [2.24, 2.45) is 0 Å². The van der Waals surface area contributed by atoms with Crippen molar-refractivity contribution in [3.8, 4) is 0 Å². The summed E-state index contributed by atoms with van der Waals surface area (Å²) in [5.74, 6) is -0.659. The molecule has 3 amide bonds. The van der Waals surface area contributed by atoms with Crippen LogP contribution < -0.4 is 15.1 Å². The molecular weight excluding hydrogens is 407 g/mol. The van der Waals surface area contributed by atoms with Crippen molar-refractivity contribution in [2.45, 2.75) is 32.8 Å². The van der Waals surface area contributed by atoms with E-state index in [1.807, 2.05) is 11.8 Å². The maximum atomic E-state index is 14.8. The van der Waals surface area contributed by atoms with E-state index in [2.05, 4.69) is 5.32 Å². The molecule has 2 aliphatic rings. The molecule has 2 aliphatic heterocycles. The second-order valence-corrected chi connectivity index (χ2v) is 7.63. The van der Waals surface area contributed by atoms with Gasteiger partial charge < -0.3 is 24.6 Å². The summed E-state index contributed by atoms with van der Waals surface area (Å²) >= 11 is 0. The number of nitrogens with one attached hydrogen (secondary N) is 1. The van der Waals surface area contributed by atoms with Crippen LogP contribution >= 0.6 is 0 Å². The first-order valence-corrected chi connectivity index (χ1v) is 10.6. The number of benzene rings is 1. The Bertz CT molecular complexity index is 813. The van der Waals surface area contributed by atoms with Gasteiger partial charge in [-0.25, -0.2) is 14.0 Å². The number of ether oxygens (including phenoxy) is 2. The van der Waals surface area contributed by atoms with Crippen LogP contribution in [0.15, 0.2) is 18.2 Å². The fourth-order valence-corrected chi connectivity index (χ4v) is 3.54. The molecule has 2 saturated heterocycles. The highest BCUT2D eigenvalue weighted by Crippen LogP contribution is 2.28. The van der Waals surface area contributed by atoms with Gasteiger partial charge in [-0.3, -0.25) is 9.69 Å². The molecule has 0 spiro atoms. The Morgan fingerprint density at radius 3 is 2.65 bits per heavy atom. The van der Waals surface area contributed by atoms with Crippen LogP contribution in [0.3, 0.4) is 0 Å². The van der Waals surface area contributed by atoms with Gasteiger partial charge >= 0.3 is 12.2 Å². The average Bonchev–Trinajstić information content (AvgIpc) is 3.13. The second-order valence-electron chi connectivity index (χ2n) is 7.63. The fourth-order valence-electron chi connectivity index (χ4n) is 3.54. The Morgan fingerprint density at radius 2 is 2.00 bits per heavy atom. The largest absolute Gasteiger partial charge is 0.449 e. The summed E-state index contributed by atoms with van der Waals surface area (Å²) < 4.78 is 25.3. The van der Waals surface area contributed by atoms with Gasteiger partial charge in [-0.05, 0) is 24.6 Å². The number of piperazine rings is 1. The van der Waals surface area contributed by atoms with E-state index in [-0.39, 0.29) is 25.1 Å². The zero-order chi connectivity index (χ0) is 22.4. The minimum atomic E-state index is -0.572. The summed E-state index contributed by atoms with van der Waals surface area (Å²) in [6.45, 7) is 6.16. The van der Waals surface area contributed by atoms with Gasteiger partial charge in [-0.1, -0.05) is 13.3 Å². The number of nitrogens with zero attached hydrogens (tertiary/aromatic N) is 3. The second kappa shape index (κ2) is 10.3. The molecule has 0 radical (unpaired) electrons. The molecule has 0 saturated carbocycles. The van der Waals surface area contributed by atoms with Crippen LogP contribution in [0.25, 0.3) is 0 Å². The van der Waals surface area contributed by atoms with Crippen LogP contribution in [0.2, 0.25) is 0 Å². The van der Waals surface area contributed by atoms with Crippen molar-refractivity contribution >= 4 is 29.5 Å². The van der Waals surface area contributed by atoms with Gasteiger partial charge in [-0.15, -0.1) is 0 Å². The van der Waals surface area contributed by atoms with Gasteiger partial charge in [0.05, 0.1) is 31.1 Å². The molecule has 2 fully saturated rings. The SMILES string of the molecule is CCCCOC(=O)N1CCN(c2ccc(N3C[C@H](CNC(C)=O)OC3=O)cc2F)CC1. The number of rotatable bonds is 7. The number of cyclic esters (lactones) is 1. The van der Waals surface area contributed by atoms with Gasteiger partial charge in [0.15, 0.2) is 0 Å². The lowest BCUT2D eigenvalue weighted by Gasteiger charge is -2.35. The smallest absolute Gasteiger partial charge is 0.414 e. The van der Waals surface area contributed by atoms with Crippen molar-refractivity contribution < 1.29 is 28.2 Å². The standard InChI is InChI=1S/C21H29FN4O5/c1-3-4-11-30-20(28)25-9-7-24(8-10-25)19-6-5-16(12-18(19)22)26-14-17(31-21(26)29)13-23-15(2)27/h5-6,12,17H,3-4,7-11,13-14H2,1-2H3,(H,23,27)/t17-/m0/s1. The van der Waals surface area contributed by atoms with Crippen LogP contribution in [-0.4, -0.2) is 75.0 Å². The van der Waals surface area contributed by atoms with E-state index in [4.69, 9.17) is 9.47 Å². The minimum absolute atomic E-state index is 0.209. The zero-order valence-corrected chi connectivity index (χ0v) is 17.9. The van der Waals surface area contributed by atoms with Crippen molar-refractivity contribution in [1.82, 2.24) is 10.2 Å². The topological polar surface area (TPSA) is 91.4 Å². The van der Waals surface area contributed by atoms with Crippen molar-refractivity contribution in [1.29, 1.82) is 0 Å². The Balaban J connectivity index is 1.56. The highest BCUT2D eigenvalue weighted by atomic mass is 19.1. The maximum Gasteiger partial charge on any atom is 0.414 e. The van der Waals surface area contributed by atoms with E-state index in [0.29, 0.717) is 44.2 Å². The molecule has 31 heavy (non-hydrogen) atoms. The van der Waals surface area contributed by atoms with E-state index in [1.54, 1.807) is 17.0 Å². The summed E-state index contributed by atoms with van der Waals surface area (Å²) in [7, 11) is 0. The number of carbonyl (C=O) groups is 3. The van der Waals surface area contributed by atoms with E-state index < -0.39 is 18.0 Å². The third kappa shape index (κ3) is 5.77. The Hall–Kier alpha value is -3.04. The molecule has 0 bridgehead atoms. The molecule has 9 nitrogen and oxygen atoms in total. The van der Waals surface area contributed by atoms with Crippen LogP contribution in [0.1, 0.15) is 26.7 Å². The third-order valence-corrected chi connectivity index (χ3v) is 5.30. The summed E-state index contributed by atoms with van der Waals surface area (Å²) in [6, 6.07) is 4.61. The highest BCUT2D eigenvalue weighted by Gasteiger charge is 2.33. The lowest BCUT2D eigenvalue weighted by atomic mass is 10.2. The predicted octanol–water partition coefficient (Wildman–Crippen LogP) is 2.35. The van der Waals surface area contributed by atoms with Crippen molar-refractivity contribution in [3.63, 3.8) is 0 Å². The van der Waals surface area contributed by atoms with Crippen LogP contribution in [0.4, 0.5) is 25.4 Å². The third-order valence-electron chi connectivity index (χ3n) is 5.30. The summed E-state index contributed by atoms with van der Waals surface area (Å²) in [4.78, 5) is 40.1. The number of halogens is 1. The maximum absolute atomic E-state index is 14.8. The first-order chi connectivity index (χ1) is 14.9. The van der Waals surface area contributed by atoms with E-state index in [9.17, 15) is 18.8 Å². The average molecular weight is 436 g/mol.